The first-order valence-corrected chi connectivity index (χ1v) is 5.16. The maximum atomic E-state index is 13.0. The second-order valence-corrected chi connectivity index (χ2v) is 3.88. The van der Waals surface area contributed by atoms with Gasteiger partial charge in [-0.05, 0) is 24.6 Å². The van der Waals surface area contributed by atoms with Gasteiger partial charge in [0.2, 0.25) is 0 Å². The van der Waals surface area contributed by atoms with E-state index >= 15 is 0 Å². The Hall–Kier alpha value is -1.82. The molecular formula is C11H12F2N4. The van der Waals surface area contributed by atoms with Gasteiger partial charge in [0.1, 0.15) is 17.5 Å². The van der Waals surface area contributed by atoms with Gasteiger partial charge in [-0.15, -0.1) is 0 Å². The highest BCUT2D eigenvalue weighted by atomic mass is 19.1. The number of benzene rings is 1. The van der Waals surface area contributed by atoms with Crippen LogP contribution in [0.5, 0.6) is 0 Å². The summed E-state index contributed by atoms with van der Waals surface area (Å²) < 4.78 is 25.9. The molecule has 4 nitrogen and oxygen atoms in total. The Morgan fingerprint density at radius 1 is 1.29 bits per heavy atom. The van der Waals surface area contributed by atoms with Crippen LogP contribution in [-0.4, -0.2) is 15.2 Å². The largest absolute Gasteiger partial charge is 0.321 e. The summed E-state index contributed by atoms with van der Waals surface area (Å²) in [6, 6.07) is 3.08. The Kier molecular flexibility index (Phi) is 3.14. The third-order valence-corrected chi connectivity index (χ3v) is 2.25. The molecule has 1 aromatic heterocycles. The predicted octanol–water partition coefficient (Wildman–Crippen LogP) is 1.69. The highest BCUT2D eigenvalue weighted by Gasteiger charge is 2.08. The fraction of sp³-hybridized carbons (Fsp3) is 0.273. The van der Waals surface area contributed by atoms with Crippen LogP contribution in [0, 0.1) is 11.6 Å². The normalized spacial score (nSPS) is 12.7. The molecule has 1 unspecified atom stereocenters. The molecule has 0 saturated carbocycles. The van der Waals surface area contributed by atoms with Crippen molar-refractivity contribution >= 4 is 0 Å². The van der Waals surface area contributed by atoms with Crippen molar-refractivity contribution in [1.29, 1.82) is 0 Å². The maximum Gasteiger partial charge on any atom is 0.167 e. The fourth-order valence-electron chi connectivity index (χ4n) is 1.50. The summed E-state index contributed by atoms with van der Waals surface area (Å²) in [6.45, 7) is 1.76. The van der Waals surface area contributed by atoms with Crippen LogP contribution in [0.3, 0.4) is 0 Å². The van der Waals surface area contributed by atoms with Gasteiger partial charge < -0.3 is 5.73 Å². The molecule has 3 N–H and O–H groups in total. The molecule has 0 radical (unpaired) electrons. The molecule has 0 aliphatic carbocycles. The number of hydrogen-bond acceptors (Lipinski definition) is 3. The Balaban J connectivity index is 2.19. The molecule has 2 aromatic rings. The van der Waals surface area contributed by atoms with Crippen molar-refractivity contribution in [2.24, 2.45) is 5.73 Å². The third kappa shape index (κ3) is 2.85. The molecule has 1 aromatic carbocycles. The van der Waals surface area contributed by atoms with Crippen LogP contribution in [0.4, 0.5) is 8.78 Å². The number of nitrogens with zero attached hydrogens (tertiary/aromatic N) is 2. The zero-order valence-electron chi connectivity index (χ0n) is 9.24. The number of hydrogen-bond donors (Lipinski definition) is 2. The van der Waals surface area contributed by atoms with Crippen LogP contribution in [-0.2, 0) is 6.42 Å². The molecule has 0 aliphatic heterocycles. The summed E-state index contributed by atoms with van der Waals surface area (Å²) in [6.07, 6.45) is 0.286. The first kappa shape index (κ1) is 11.7. The number of H-pyrrole nitrogens is 1. The number of rotatable bonds is 3. The molecule has 0 bridgehead atoms. The Labute approximate surface area is 96.9 Å². The SMILES string of the molecule is CC(N)c1n[nH]c(Cc2cc(F)cc(F)c2)n1. The van der Waals surface area contributed by atoms with Gasteiger partial charge in [0, 0.05) is 12.5 Å². The van der Waals surface area contributed by atoms with Crippen LogP contribution < -0.4 is 5.73 Å². The van der Waals surface area contributed by atoms with Gasteiger partial charge >= 0.3 is 0 Å². The standard InChI is InChI=1S/C11H12F2N4/c1-6(14)11-15-10(16-17-11)4-7-2-8(12)5-9(13)3-7/h2-3,5-6H,4,14H2,1H3,(H,15,16,17). The summed E-state index contributed by atoms with van der Waals surface area (Å²) >= 11 is 0. The lowest BCUT2D eigenvalue weighted by Gasteiger charge is -1.99. The minimum atomic E-state index is -0.605. The van der Waals surface area contributed by atoms with Crippen LogP contribution in [0.1, 0.15) is 30.2 Å². The van der Waals surface area contributed by atoms with Gasteiger partial charge in [0.25, 0.3) is 0 Å². The van der Waals surface area contributed by atoms with E-state index in [9.17, 15) is 8.78 Å². The molecule has 0 spiro atoms. The fourth-order valence-corrected chi connectivity index (χ4v) is 1.50. The molecule has 17 heavy (non-hydrogen) atoms. The second-order valence-electron chi connectivity index (χ2n) is 3.88. The third-order valence-electron chi connectivity index (χ3n) is 2.25. The predicted molar refractivity (Wildman–Crippen MR) is 58.1 cm³/mol. The number of halogens is 2. The zero-order chi connectivity index (χ0) is 12.4. The van der Waals surface area contributed by atoms with Gasteiger partial charge in [0.05, 0.1) is 6.04 Å². The summed E-state index contributed by atoms with van der Waals surface area (Å²) in [5.74, 6) is -0.196. The Bertz CT molecular complexity index is 502. The zero-order valence-corrected chi connectivity index (χ0v) is 9.24. The molecule has 2 rings (SSSR count). The minimum absolute atomic E-state index is 0.274. The molecular weight excluding hydrogens is 226 g/mol. The summed E-state index contributed by atoms with van der Waals surface area (Å²) in [5, 5.41) is 6.60. The average Bonchev–Trinajstić information content (AvgIpc) is 2.64. The quantitative estimate of drug-likeness (QED) is 0.855. The van der Waals surface area contributed by atoms with E-state index < -0.39 is 11.6 Å². The highest BCUT2D eigenvalue weighted by Crippen LogP contribution is 2.12. The number of aromatic amines is 1. The van der Waals surface area contributed by atoms with Crippen molar-refractivity contribution < 1.29 is 8.78 Å². The van der Waals surface area contributed by atoms with E-state index in [0.717, 1.165) is 6.07 Å². The van der Waals surface area contributed by atoms with Gasteiger partial charge in [-0.2, -0.15) is 5.10 Å². The number of nitrogens with one attached hydrogen (secondary N) is 1. The minimum Gasteiger partial charge on any atom is -0.321 e. The van der Waals surface area contributed by atoms with Gasteiger partial charge in [0.15, 0.2) is 5.82 Å². The molecule has 0 saturated heterocycles. The topological polar surface area (TPSA) is 67.6 Å². The van der Waals surface area contributed by atoms with Crippen LogP contribution >= 0.6 is 0 Å². The lowest BCUT2D eigenvalue weighted by molar-refractivity contribution is 0.580. The van der Waals surface area contributed by atoms with Crippen LogP contribution in [0.2, 0.25) is 0 Å². The molecule has 1 atom stereocenters. The van der Waals surface area contributed by atoms with E-state index in [2.05, 4.69) is 15.2 Å². The van der Waals surface area contributed by atoms with E-state index in [-0.39, 0.29) is 12.5 Å². The van der Waals surface area contributed by atoms with Crippen molar-refractivity contribution in [2.45, 2.75) is 19.4 Å². The Morgan fingerprint density at radius 3 is 2.47 bits per heavy atom. The molecule has 1 heterocycles. The summed E-state index contributed by atoms with van der Waals surface area (Å²) in [7, 11) is 0. The number of aromatic nitrogens is 3. The van der Waals surface area contributed by atoms with Crippen molar-refractivity contribution in [3.05, 3.63) is 47.0 Å². The lowest BCUT2D eigenvalue weighted by Crippen LogP contribution is -2.06. The molecule has 6 heteroatoms. The van der Waals surface area contributed by atoms with Crippen molar-refractivity contribution in [2.75, 3.05) is 0 Å². The summed E-state index contributed by atoms with van der Waals surface area (Å²) in [5.41, 5.74) is 6.10. The molecule has 0 amide bonds. The van der Waals surface area contributed by atoms with Crippen molar-refractivity contribution in [3.63, 3.8) is 0 Å². The first-order chi connectivity index (χ1) is 8.04. The smallest absolute Gasteiger partial charge is 0.167 e. The molecule has 0 fully saturated rings. The number of nitrogens with two attached hydrogens (primary N) is 1. The van der Waals surface area contributed by atoms with Gasteiger partial charge in [-0.3, -0.25) is 5.10 Å². The summed E-state index contributed by atoms with van der Waals surface area (Å²) in [4.78, 5) is 4.13. The second kappa shape index (κ2) is 4.58. The van der Waals surface area contributed by atoms with E-state index in [1.54, 1.807) is 6.92 Å². The van der Waals surface area contributed by atoms with E-state index in [1.165, 1.54) is 12.1 Å². The van der Waals surface area contributed by atoms with E-state index in [0.29, 0.717) is 17.2 Å². The average molecular weight is 238 g/mol. The van der Waals surface area contributed by atoms with Crippen molar-refractivity contribution in [1.82, 2.24) is 15.2 Å². The van der Waals surface area contributed by atoms with Gasteiger partial charge in [-0.1, -0.05) is 0 Å². The maximum absolute atomic E-state index is 13.0. The first-order valence-electron chi connectivity index (χ1n) is 5.16. The molecule has 90 valence electrons. The highest BCUT2D eigenvalue weighted by molar-refractivity contribution is 5.21. The van der Waals surface area contributed by atoms with E-state index in [1.807, 2.05) is 0 Å². The molecule has 0 aliphatic rings. The van der Waals surface area contributed by atoms with Crippen LogP contribution in [0.25, 0.3) is 0 Å². The monoisotopic (exact) mass is 238 g/mol. The van der Waals surface area contributed by atoms with Crippen molar-refractivity contribution in [3.8, 4) is 0 Å². The Morgan fingerprint density at radius 2 is 1.94 bits per heavy atom. The van der Waals surface area contributed by atoms with Gasteiger partial charge in [-0.25, -0.2) is 13.8 Å². The van der Waals surface area contributed by atoms with Crippen LogP contribution in [0.15, 0.2) is 18.2 Å². The van der Waals surface area contributed by atoms with E-state index in [4.69, 9.17) is 5.73 Å². The lowest BCUT2D eigenvalue weighted by atomic mass is 10.1.